The second-order valence-corrected chi connectivity index (χ2v) is 6.18. The van der Waals surface area contributed by atoms with Crippen LogP contribution in [0.25, 0.3) is 0 Å². The van der Waals surface area contributed by atoms with Crippen LogP contribution in [0.5, 0.6) is 0 Å². The van der Waals surface area contributed by atoms with E-state index in [9.17, 15) is 0 Å². The molecule has 1 fully saturated rings. The summed E-state index contributed by atoms with van der Waals surface area (Å²) in [6.07, 6.45) is 6.49. The Bertz CT molecular complexity index is 278. The topological polar surface area (TPSA) is 39.7 Å². The summed E-state index contributed by atoms with van der Waals surface area (Å²) in [5.74, 6) is 1.79. The zero-order chi connectivity index (χ0) is 14.8. The highest BCUT2D eigenvalue weighted by atomic mass is 15.2. The third-order valence-electron chi connectivity index (χ3n) is 4.17. The van der Waals surface area contributed by atoms with E-state index >= 15 is 0 Å². The van der Waals surface area contributed by atoms with Gasteiger partial charge in [-0.1, -0.05) is 26.7 Å². The van der Waals surface area contributed by atoms with Crippen LogP contribution in [0.4, 0.5) is 0 Å². The largest absolute Gasteiger partial charge is 0.356 e. The Kier molecular flexibility index (Phi) is 8.67. The minimum atomic E-state index is 0.576. The number of piperidine rings is 1. The standard InChI is InChI=1S/C16H34N4/c1-5-6-7-10-18-16(17-4)19-12-15(3)20-11-8-9-14(2)13-20/h14-15H,5-13H2,1-4H3,(H2,17,18,19). The van der Waals surface area contributed by atoms with Gasteiger partial charge in [-0.2, -0.15) is 0 Å². The first-order valence-electron chi connectivity index (χ1n) is 8.36. The van der Waals surface area contributed by atoms with Crippen molar-refractivity contribution in [1.82, 2.24) is 15.5 Å². The van der Waals surface area contributed by atoms with Crippen LogP contribution in [0.3, 0.4) is 0 Å². The number of guanidine groups is 1. The molecular weight excluding hydrogens is 248 g/mol. The first-order chi connectivity index (χ1) is 9.67. The van der Waals surface area contributed by atoms with Gasteiger partial charge in [0.1, 0.15) is 0 Å². The molecule has 2 atom stereocenters. The van der Waals surface area contributed by atoms with E-state index < -0.39 is 0 Å². The van der Waals surface area contributed by atoms with E-state index in [0.717, 1.165) is 25.0 Å². The molecule has 0 radical (unpaired) electrons. The van der Waals surface area contributed by atoms with Crippen LogP contribution in [0.15, 0.2) is 4.99 Å². The fourth-order valence-electron chi connectivity index (χ4n) is 2.80. The van der Waals surface area contributed by atoms with Gasteiger partial charge in [-0.25, -0.2) is 0 Å². The number of aliphatic imine (C=N–C) groups is 1. The number of nitrogens with zero attached hydrogens (tertiary/aromatic N) is 2. The number of rotatable bonds is 7. The molecule has 0 spiro atoms. The molecule has 4 nitrogen and oxygen atoms in total. The third kappa shape index (κ3) is 6.60. The van der Waals surface area contributed by atoms with E-state index in [0.29, 0.717) is 6.04 Å². The van der Waals surface area contributed by atoms with Gasteiger partial charge in [0.25, 0.3) is 0 Å². The minimum absolute atomic E-state index is 0.576. The summed E-state index contributed by atoms with van der Waals surface area (Å²) >= 11 is 0. The molecule has 0 aromatic rings. The Balaban J connectivity index is 2.22. The van der Waals surface area contributed by atoms with Gasteiger partial charge in [-0.15, -0.1) is 0 Å². The summed E-state index contributed by atoms with van der Waals surface area (Å²) in [4.78, 5) is 6.90. The Morgan fingerprint density at radius 2 is 2.15 bits per heavy atom. The molecule has 20 heavy (non-hydrogen) atoms. The van der Waals surface area contributed by atoms with E-state index in [2.05, 4.69) is 41.3 Å². The molecule has 2 N–H and O–H groups in total. The summed E-state index contributed by atoms with van der Waals surface area (Å²) in [5.41, 5.74) is 0. The summed E-state index contributed by atoms with van der Waals surface area (Å²) in [6, 6.07) is 0.576. The fourth-order valence-corrected chi connectivity index (χ4v) is 2.80. The molecule has 0 aliphatic carbocycles. The minimum Gasteiger partial charge on any atom is -0.356 e. The van der Waals surface area contributed by atoms with Gasteiger partial charge in [0.05, 0.1) is 0 Å². The van der Waals surface area contributed by atoms with Gasteiger partial charge in [-0.05, 0) is 38.6 Å². The second-order valence-electron chi connectivity index (χ2n) is 6.18. The molecule has 1 aliphatic heterocycles. The lowest BCUT2D eigenvalue weighted by atomic mass is 9.99. The van der Waals surface area contributed by atoms with E-state index in [1.54, 1.807) is 0 Å². The molecule has 0 amide bonds. The van der Waals surface area contributed by atoms with E-state index in [-0.39, 0.29) is 0 Å². The van der Waals surface area contributed by atoms with E-state index in [1.807, 2.05) is 7.05 Å². The Labute approximate surface area is 125 Å². The smallest absolute Gasteiger partial charge is 0.191 e. The molecule has 0 saturated carbocycles. The SMILES string of the molecule is CCCCCNC(=NC)NCC(C)N1CCCC(C)C1. The second kappa shape index (κ2) is 10.0. The van der Waals surface area contributed by atoms with Crippen LogP contribution in [0, 0.1) is 5.92 Å². The molecular formula is C16H34N4. The zero-order valence-electron chi connectivity index (χ0n) is 13.9. The van der Waals surface area contributed by atoms with Gasteiger partial charge in [-0.3, -0.25) is 9.89 Å². The number of hydrogen-bond acceptors (Lipinski definition) is 2. The number of likely N-dealkylation sites (tertiary alicyclic amines) is 1. The average molecular weight is 282 g/mol. The van der Waals surface area contributed by atoms with Gasteiger partial charge in [0.2, 0.25) is 0 Å². The highest BCUT2D eigenvalue weighted by molar-refractivity contribution is 5.79. The zero-order valence-corrected chi connectivity index (χ0v) is 13.9. The monoisotopic (exact) mass is 282 g/mol. The van der Waals surface area contributed by atoms with Crippen molar-refractivity contribution >= 4 is 5.96 Å². The normalized spacial score (nSPS) is 22.6. The summed E-state index contributed by atoms with van der Waals surface area (Å²) in [5, 5.41) is 6.85. The fraction of sp³-hybridized carbons (Fsp3) is 0.938. The first-order valence-corrected chi connectivity index (χ1v) is 8.36. The van der Waals surface area contributed by atoms with Gasteiger partial charge < -0.3 is 10.6 Å². The van der Waals surface area contributed by atoms with Crippen molar-refractivity contribution in [2.45, 2.75) is 58.9 Å². The maximum atomic E-state index is 4.29. The van der Waals surface area contributed by atoms with Crippen molar-refractivity contribution in [2.24, 2.45) is 10.9 Å². The first kappa shape index (κ1) is 17.3. The molecule has 1 rings (SSSR count). The molecule has 0 aromatic carbocycles. The summed E-state index contributed by atoms with van der Waals surface area (Å²) in [7, 11) is 1.85. The molecule has 0 bridgehead atoms. The lowest BCUT2D eigenvalue weighted by molar-refractivity contribution is 0.139. The average Bonchev–Trinajstić information content (AvgIpc) is 2.46. The predicted molar refractivity (Wildman–Crippen MR) is 88.3 cm³/mol. The van der Waals surface area contributed by atoms with E-state index in [4.69, 9.17) is 0 Å². The van der Waals surface area contributed by atoms with Gasteiger partial charge >= 0.3 is 0 Å². The Hall–Kier alpha value is -0.770. The summed E-state index contributed by atoms with van der Waals surface area (Å²) < 4.78 is 0. The maximum absolute atomic E-state index is 4.29. The highest BCUT2D eigenvalue weighted by Crippen LogP contribution is 2.17. The van der Waals surface area contributed by atoms with Crippen molar-refractivity contribution in [3.05, 3.63) is 0 Å². The van der Waals surface area contributed by atoms with Crippen molar-refractivity contribution in [3.8, 4) is 0 Å². The van der Waals surface area contributed by atoms with Crippen LogP contribution in [-0.2, 0) is 0 Å². The molecule has 2 unspecified atom stereocenters. The quantitative estimate of drug-likeness (QED) is 0.428. The molecule has 1 saturated heterocycles. The van der Waals surface area contributed by atoms with Crippen molar-refractivity contribution in [2.75, 3.05) is 33.2 Å². The number of hydrogen-bond donors (Lipinski definition) is 2. The highest BCUT2D eigenvalue weighted by Gasteiger charge is 2.20. The maximum Gasteiger partial charge on any atom is 0.191 e. The Morgan fingerprint density at radius 3 is 2.80 bits per heavy atom. The van der Waals surface area contributed by atoms with E-state index in [1.165, 1.54) is 45.2 Å². The van der Waals surface area contributed by atoms with Crippen molar-refractivity contribution < 1.29 is 0 Å². The summed E-state index contributed by atoms with van der Waals surface area (Å²) in [6.45, 7) is 11.4. The van der Waals surface area contributed by atoms with Crippen LogP contribution >= 0.6 is 0 Å². The van der Waals surface area contributed by atoms with Crippen LogP contribution in [-0.4, -0.2) is 50.1 Å². The molecule has 1 heterocycles. The molecule has 1 aliphatic rings. The third-order valence-corrected chi connectivity index (χ3v) is 4.17. The predicted octanol–water partition coefficient (Wildman–Crippen LogP) is 2.46. The molecule has 4 heteroatoms. The molecule has 118 valence electrons. The van der Waals surface area contributed by atoms with Gasteiger partial charge in [0.15, 0.2) is 5.96 Å². The van der Waals surface area contributed by atoms with Gasteiger partial charge in [0, 0.05) is 32.7 Å². The Morgan fingerprint density at radius 1 is 1.35 bits per heavy atom. The lowest BCUT2D eigenvalue weighted by Crippen LogP contribution is -2.48. The number of unbranched alkanes of at least 4 members (excludes halogenated alkanes) is 2. The van der Waals surface area contributed by atoms with Crippen LogP contribution < -0.4 is 10.6 Å². The van der Waals surface area contributed by atoms with Crippen molar-refractivity contribution in [3.63, 3.8) is 0 Å². The van der Waals surface area contributed by atoms with Crippen LogP contribution in [0.1, 0.15) is 52.9 Å². The lowest BCUT2D eigenvalue weighted by Gasteiger charge is -2.35. The molecule has 0 aromatic heterocycles. The van der Waals surface area contributed by atoms with Crippen LogP contribution in [0.2, 0.25) is 0 Å². The van der Waals surface area contributed by atoms with Crippen molar-refractivity contribution in [1.29, 1.82) is 0 Å². The number of nitrogens with one attached hydrogen (secondary N) is 2.